The highest BCUT2D eigenvalue weighted by atomic mass is 16.8. The van der Waals surface area contributed by atoms with Crippen molar-refractivity contribution in [1.82, 2.24) is 0 Å². The predicted molar refractivity (Wildman–Crippen MR) is 79.9 cm³/mol. The van der Waals surface area contributed by atoms with E-state index in [1.54, 1.807) is 0 Å². The highest BCUT2D eigenvalue weighted by Gasteiger charge is 2.36. The van der Waals surface area contributed by atoms with E-state index in [4.69, 9.17) is 19.3 Å². The van der Waals surface area contributed by atoms with Crippen molar-refractivity contribution in [3.05, 3.63) is 24.3 Å². The summed E-state index contributed by atoms with van der Waals surface area (Å²) in [5, 5.41) is 8.53. The number of carboxylic acid groups (broad SMARTS) is 1. The summed E-state index contributed by atoms with van der Waals surface area (Å²) in [7, 11) is 0. The Hall–Kier alpha value is -1.17. The van der Waals surface area contributed by atoms with Crippen molar-refractivity contribution in [1.29, 1.82) is 0 Å². The fourth-order valence-corrected chi connectivity index (χ4v) is 2.20. The predicted octanol–water partition coefficient (Wildman–Crippen LogP) is 3.26. The molecule has 0 amide bonds. The second kappa shape index (κ2) is 9.71. The van der Waals surface area contributed by atoms with Gasteiger partial charge in [0.15, 0.2) is 12.1 Å². The normalized spacial score (nSPS) is 25.0. The average molecular weight is 298 g/mol. The Bertz CT molecular complexity index is 364. The molecule has 1 N–H and O–H groups in total. The number of carbonyl (C=O) groups is 1. The van der Waals surface area contributed by atoms with Crippen LogP contribution < -0.4 is 0 Å². The molecule has 0 spiro atoms. The Morgan fingerprint density at radius 2 is 2.10 bits per heavy atom. The van der Waals surface area contributed by atoms with Crippen LogP contribution in [0.5, 0.6) is 0 Å². The fraction of sp³-hybridized carbons (Fsp3) is 0.688. The lowest BCUT2D eigenvalue weighted by Gasteiger charge is -2.28. The van der Waals surface area contributed by atoms with Gasteiger partial charge in [0.1, 0.15) is 0 Å². The van der Waals surface area contributed by atoms with Crippen molar-refractivity contribution in [3.8, 4) is 0 Å². The van der Waals surface area contributed by atoms with Crippen LogP contribution in [-0.2, 0) is 19.0 Å². The van der Waals surface area contributed by atoms with Gasteiger partial charge in [-0.1, -0.05) is 12.2 Å². The minimum atomic E-state index is -0.763. The molecule has 5 heteroatoms. The molecular weight excluding hydrogens is 272 g/mol. The van der Waals surface area contributed by atoms with Gasteiger partial charge in [0.05, 0.1) is 0 Å². The van der Waals surface area contributed by atoms with Crippen LogP contribution in [-0.4, -0.2) is 36.4 Å². The molecular formula is C16H26O5. The molecule has 0 aromatic rings. The zero-order chi connectivity index (χ0) is 15.6. The van der Waals surface area contributed by atoms with Gasteiger partial charge in [-0.3, -0.25) is 4.79 Å². The molecule has 0 aromatic carbocycles. The molecule has 0 saturated carbocycles. The van der Waals surface area contributed by atoms with E-state index >= 15 is 0 Å². The number of allylic oxidation sites excluding steroid dienone is 2. The molecule has 0 radical (unpaired) electrons. The highest BCUT2D eigenvalue weighted by Crippen LogP contribution is 2.30. The largest absolute Gasteiger partial charge is 0.481 e. The van der Waals surface area contributed by atoms with E-state index in [-0.39, 0.29) is 12.7 Å². The fourth-order valence-electron chi connectivity index (χ4n) is 2.20. The molecule has 1 rings (SSSR count). The highest BCUT2D eigenvalue weighted by molar-refractivity contribution is 5.66. The van der Waals surface area contributed by atoms with Crippen LogP contribution in [0.4, 0.5) is 0 Å². The Morgan fingerprint density at radius 1 is 1.33 bits per heavy atom. The summed E-state index contributed by atoms with van der Waals surface area (Å²) in [5.41, 5.74) is 0. The number of carboxylic acids is 1. The summed E-state index contributed by atoms with van der Waals surface area (Å²) in [6, 6.07) is 0. The number of hydrogen-bond donors (Lipinski definition) is 1. The Labute approximate surface area is 126 Å². The van der Waals surface area contributed by atoms with Crippen molar-refractivity contribution >= 4 is 5.97 Å². The van der Waals surface area contributed by atoms with Gasteiger partial charge in [-0.2, -0.15) is 0 Å². The van der Waals surface area contributed by atoms with E-state index in [1.807, 2.05) is 38.2 Å². The molecule has 0 aromatic heterocycles. The zero-order valence-corrected chi connectivity index (χ0v) is 12.9. The summed E-state index contributed by atoms with van der Waals surface area (Å²) in [6.45, 7) is 5.06. The molecule has 0 aliphatic carbocycles. The lowest BCUT2D eigenvalue weighted by atomic mass is 10.1. The summed E-state index contributed by atoms with van der Waals surface area (Å²) in [6.07, 6.45) is 10.7. The second-order valence-electron chi connectivity index (χ2n) is 4.84. The molecule has 120 valence electrons. The maximum Gasteiger partial charge on any atom is 0.303 e. The quantitative estimate of drug-likeness (QED) is 0.468. The van der Waals surface area contributed by atoms with Gasteiger partial charge >= 0.3 is 5.97 Å². The second-order valence-corrected chi connectivity index (χ2v) is 4.84. The van der Waals surface area contributed by atoms with E-state index in [0.29, 0.717) is 19.6 Å². The van der Waals surface area contributed by atoms with Crippen molar-refractivity contribution in [2.24, 2.45) is 0 Å². The Morgan fingerprint density at radius 3 is 2.76 bits per heavy atom. The monoisotopic (exact) mass is 298 g/mol. The zero-order valence-electron chi connectivity index (χ0n) is 12.9. The minimum Gasteiger partial charge on any atom is -0.481 e. The first-order chi connectivity index (χ1) is 10.1. The lowest BCUT2D eigenvalue weighted by Crippen LogP contribution is -2.33. The van der Waals surface area contributed by atoms with E-state index in [1.165, 1.54) is 0 Å². The first-order valence-corrected chi connectivity index (χ1v) is 7.61. The average Bonchev–Trinajstić information content (AvgIpc) is 2.82. The molecule has 21 heavy (non-hydrogen) atoms. The van der Waals surface area contributed by atoms with Crippen LogP contribution in [0.1, 0.15) is 46.0 Å². The molecule has 5 nitrogen and oxygen atoms in total. The van der Waals surface area contributed by atoms with E-state index in [0.717, 1.165) is 19.3 Å². The van der Waals surface area contributed by atoms with Crippen molar-refractivity contribution in [2.45, 2.75) is 58.0 Å². The number of unbranched alkanes of at least 4 members (excludes halogenated alkanes) is 1. The molecule has 1 aliphatic rings. The van der Waals surface area contributed by atoms with Crippen LogP contribution in [0.25, 0.3) is 0 Å². The number of ether oxygens (including phenoxy) is 3. The third-order valence-electron chi connectivity index (χ3n) is 3.13. The molecule has 1 aliphatic heterocycles. The van der Waals surface area contributed by atoms with Crippen molar-refractivity contribution in [3.63, 3.8) is 0 Å². The van der Waals surface area contributed by atoms with Gasteiger partial charge in [0.25, 0.3) is 0 Å². The first kappa shape index (κ1) is 17.9. The smallest absolute Gasteiger partial charge is 0.303 e. The van der Waals surface area contributed by atoms with E-state index in [9.17, 15) is 4.79 Å². The van der Waals surface area contributed by atoms with Crippen LogP contribution >= 0.6 is 0 Å². The minimum absolute atomic E-state index is 0.182. The third-order valence-corrected chi connectivity index (χ3v) is 3.13. The Balaban J connectivity index is 2.29. The lowest BCUT2D eigenvalue weighted by molar-refractivity contribution is -0.258. The first-order valence-electron chi connectivity index (χ1n) is 7.61. The molecule has 0 saturated heterocycles. The summed E-state index contributed by atoms with van der Waals surface area (Å²) in [4.78, 5) is 10.4. The van der Waals surface area contributed by atoms with Crippen molar-refractivity contribution in [2.75, 3.05) is 13.2 Å². The van der Waals surface area contributed by atoms with Crippen molar-refractivity contribution < 1.29 is 24.1 Å². The van der Waals surface area contributed by atoms with Crippen LogP contribution in [0, 0.1) is 0 Å². The number of hydrogen-bond acceptors (Lipinski definition) is 4. The maximum absolute atomic E-state index is 10.4. The van der Waals surface area contributed by atoms with Crippen LogP contribution in [0.2, 0.25) is 0 Å². The maximum atomic E-state index is 10.4. The molecule has 0 fully saturated rings. The van der Waals surface area contributed by atoms with Gasteiger partial charge in [-0.25, -0.2) is 0 Å². The van der Waals surface area contributed by atoms with Gasteiger partial charge in [-0.05, 0) is 45.3 Å². The van der Waals surface area contributed by atoms with Gasteiger partial charge in [-0.15, -0.1) is 0 Å². The van der Waals surface area contributed by atoms with E-state index in [2.05, 4.69) is 0 Å². The topological polar surface area (TPSA) is 65.0 Å². The molecule has 0 bridgehead atoms. The number of rotatable bonds is 11. The molecule has 1 heterocycles. The van der Waals surface area contributed by atoms with Crippen LogP contribution in [0.15, 0.2) is 24.3 Å². The SMILES string of the molecule is CCOC1C=CC(CCC/C=C\CCC(=O)O)(OCC)O1. The van der Waals surface area contributed by atoms with Gasteiger partial charge < -0.3 is 19.3 Å². The third kappa shape index (κ3) is 6.89. The van der Waals surface area contributed by atoms with Crippen LogP contribution in [0.3, 0.4) is 0 Å². The molecule has 2 atom stereocenters. The van der Waals surface area contributed by atoms with Gasteiger partial charge in [0.2, 0.25) is 0 Å². The summed E-state index contributed by atoms with van der Waals surface area (Å²) >= 11 is 0. The van der Waals surface area contributed by atoms with Gasteiger partial charge in [0, 0.05) is 26.1 Å². The Kier molecular flexibility index (Phi) is 8.27. The molecule has 2 unspecified atom stereocenters. The standard InChI is InChI=1S/C16H26O5/c1-3-19-15-11-13-16(21-15,20-4-2)12-9-7-5-6-8-10-14(17)18/h5-6,11,13,15H,3-4,7-10,12H2,1-2H3,(H,17,18)/b6-5-. The summed E-state index contributed by atoms with van der Waals surface area (Å²) in [5.74, 6) is -1.44. The summed E-state index contributed by atoms with van der Waals surface area (Å²) < 4.78 is 17.0. The number of aliphatic carboxylic acids is 1. The van der Waals surface area contributed by atoms with E-state index < -0.39 is 11.8 Å².